The SMILES string of the molecule is CC(c1ccccc1F)N(C)c1ncc(N)s1. The van der Waals surface area contributed by atoms with Crippen LogP contribution in [0.1, 0.15) is 18.5 Å². The lowest BCUT2D eigenvalue weighted by Crippen LogP contribution is -2.22. The maximum absolute atomic E-state index is 13.7. The van der Waals surface area contributed by atoms with Crippen molar-refractivity contribution in [3.63, 3.8) is 0 Å². The first-order chi connectivity index (χ1) is 8.09. The molecule has 0 saturated heterocycles. The molecule has 1 unspecified atom stereocenters. The van der Waals surface area contributed by atoms with Gasteiger partial charge in [-0.2, -0.15) is 0 Å². The number of rotatable bonds is 3. The van der Waals surface area contributed by atoms with Crippen LogP contribution in [0.25, 0.3) is 0 Å². The molecule has 1 heterocycles. The number of thiazole rings is 1. The molecule has 3 nitrogen and oxygen atoms in total. The first-order valence-electron chi connectivity index (χ1n) is 5.28. The van der Waals surface area contributed by atoms with Crippen molar-refractivity contribution < 1.29 is 4.39 Å². The summed E-state index contributed by atoms with van der Waals surface area (Å²) in [4.78, 5) is 6.11. The molecule has 17 heavy (non-hydrogen) atoms. The number of nitrogens with two attached hydrogens (primary N) is 1. The third-order valence-corrected chi connectivity index (χ3v) is 3.67. The highest BCUT2D eigenvalue weighted by Gasteiger charge is 2.17. The molecular weight excluding hydrogens is 237 g/mol. The molecule has 1 atom stereocenters. The molecular formula is C12H14FN3S. The predicted molar refractivity (Wildman–Crippen MR) is 69.7 cm³/mol. The zero-order valence-electron chi connectivity index (χ0n) is 9.72. The van der Waals surface area contributed by atoms with E-state index in [9.17, 15) is 4.39 Å². The fourth-order valence-electron chi connectivity index (χ4n) is 1.63. The predicted octanol–water partition coefficient (Wildman–Crippen LogP) is 3.06. The summed E-state index contributed by atoms with van der Waals surface area (Å²) >= 11 is 1.39. The molecule has 0 aliphatic heterocycles. The molecule has 2 aromatic rings. The number of halogens is 1. The van der Waals surface area contributed by atoms with Crippen molar-refractivity contribution in [1.82, 2.24) is 4.98 Å². The van der Waals surface area contributed by atoms with E-state index in [4.69, 9.17) is 5.73 Å². The van der Waals surface area contributed by atoms with Crippen LogP contribution in [0.3, 0.4) is 0 Å². The van der Waals surface area contributed by atoms with Gasteiger partial charge in [-0.15, -0.1) is 0 Å². The zero-order valence-corrected chi connectivity index (χ0v) is 10.5. The third kappa shape index (κ3) is 2.39. The first kappa shape index (κ1) is 11.9. The van der Waals surface area contributed by atoms with Crippen LogP contribution in [-0.4, -0.2) is 12.0 Å². The Morgan fingerprint density at radius 2 is 2.12 bits per heavy atom. The van der Waals surface area contributed by atoms with Gasteiger partial charge < -0.3 is 10.6 Å². The second-order valence-electron chi connectivity index (χ2n) is 3.85. The number of hydrogen-bond acceptors (Lipinski definition) is 4. The number of nitrogen functional groups attached to an aromatic ring is 1. The molecule has 0 bridgehead atoms. The molecule has 2 N–H and O–H groups in total. The number of nitrogens with zero attached hydrogens (tertiary/aromatic N) is 2. The summed E-state index contributed by atoms with van der Waals surface area (Å²) in [5, 5.41) is 1.45. The van der Waals surface area contributed by atoms with E-state index >= 15 is 0 Å². The Labute approximate surface area is 104 Å². The van der Waals surface area contributed by atoms with Crippen LogP contribution in [0.4, 0.5) is 14.5 Å². The van der Waals surface area contributed by atoms with Crippen LogP contribution in [-0.2, 0) is 0 Å². The van der Waals surface area contributed by atoms with Gasteiger partial charge in [-0.1, -0.05) is 29.5 Å². The number of aromatic nitrogens is 1. The highest BCUT2D eigenvalue weighted by molar-refractivity contribution is 7.19. The second-order valence-corrected chi connectivity index (χ2v) is 4.89. The Morgan fingerprint density at radius 3 is 2.71 bits per heavy atom. The van der Waals surface area contributed by atoms with E-state index in [-0.39, 0.29) is 11.9 Å². The number of benzene rings is 1. The standard InChI is InChI=1S/C12H14FN3S/c1-8(9-5-3-4-6-10(9)13)16(2)12-15-7-11(14)17-12/h3-8H,14H2,1-2H3. The normalized spacial score (nSPS) is 12.4. The molecule has 0 saturated carbocycles. The third-order valence-electron chi connectivity index (χ3n) is 2.75. The van der Waals surface area contributed by atoms with E-state index in [0.717, 1.165) is 5.13 Å². The fraction of sp³-hybridized carbons (Fsp3) is 0.250. The molecule has 2 rings (SSSR count). The average Bonchev–Trinajstić information content (AvgIpc) is 2.75. The van der Waals surface area contributed by atoms with Crippen molar-refractivity contribution >= 4 is 21.5 Å². The first-order valence-corrected chi connectivity index (χ1v) is 6.10. The largest absolute Gasteiger partial charge is 0.389 e. The van der Waals surface area contributed by atoms with Crippen LogP contribution in [0.15, 0.2) is 30.5 Å². The maximum Gasteiger partial charge on any atom is 0.187 e. The Morgan fingerprint density at radius 1 is 1.41 bits per heavy atom. The van der Waals surface area contributed by atoms with Gasteiger partial charge in [-0.25, -0.2) is 9.37 Å². The molecule has 0 spiro atoms. The van der Waals surface area contributed by atoms with Crippen molar-refractivity contribution in [1.29, 1.82) is 0 Å². The van der Waals surface area contributed by atoms with Crippen LogP contribution in [0.5, 0.6) is 0 Å². The summed E-state index contributed by atoms with van der Waals surface area (Å²) in [5.41, 5.74) is 6.30. The van der Waals surface area contributed by atoms with Crippen molar-refractivity contribution in [2.45, 2.75) is 13.0 Å². The number of anilines is 2. The van der Waals surface area contributed by atoms with Crippen LogP contribution in [0.2, 0.25) is 0 Å². The van der Waals surface area contributed by atoms with Crippen molar-refractivity contribution in [2.75, 3.05) is 17.7 Å². The summed E-state index contributed by atoms with van der Waals surface area (Å²) in [6.45, 7) is 1.94. The van der Waals surface area contributed by atoms with Crippen LogP contribution >= 0.6 is 11.3 Å². The summed E-state index contributed by atoms with van der Waals surface area (Å²) in [7, 11) is 1.88. The quantitative estimate of drug-likeness (QED) is 0.911. The fourth-order valence-corrected chi connectivity index (χ4v) is 2.35. The minimum atomic E-state index is -0.198. The molecule has 90 valence electrons. The molecule has 1 aromatic heterocycles. The number of hydrogen-bond donors (Lipinski definition) is 1. The Hall–Kier alpha value is -1.62. The minimum absolute atomic E-state index is 0.0817. The molecule has 5 heteroatoms. The monoisotopic (exact) mass is 251 g/mol. The van der Waals surface area contributed by atoms with Gasteiger partial charge >= 0.3 is 0 Å². The lowest BCUT2D eigenvalue weighted by molar-refractivity contribution is 0.585. The van der Waals surface area contributed by atoms with Gasteiger partial charge in [0.05, 0.1) is 12.2 Å². The van der Waals surface area contributed by atoms with E-state index < -0.39 is 0 Å². The van der Waals surface area contributed by atoms with Gasteiger partial charge in [0.15, 0.2) is 5.13 Å². The smallest absolute Gasteiger partial charge is 0.187 e. The molecule has 0 fully saturated rings. The maximum atomic E-state index is 13.7. The summed E-state index contributed by atoms with van der Waals surface area (Å²) in [6.07, 6.45) is 1.62. The van der Waals surface area contributed by atoms with E-state index in [1.807, 2.05) is 24.9 Å². The Bertz CT molecular complexity index is 512. The van der Waals surface area contributed by atoms with E-state index in [2.05, 4.69) is 4.98 Å². The minimum Gasteiger partial charge on any atom is -0.389 e. The van der Waals surface area contributed by atoms with Crippen molar-refractivity contribution in [2.24, 2.45) is 0 Å². The van der Waals surface area contributed by atoms with Crippen LogP contribution < -0.4 is 10.6 Å². The van der Waals surface area contributed by atoms with Crippen molar-refractivity contribution in [3.05, 3.63) is 41.8 Å². The lowest BCUT2D eigenvalue weighted by Gasteiger charge is -2.24. The highest BCUT2D eigenvalue weighted by Crippen LogP contribution is 2.30. The van der Waals surface area contributed by atoms with Gasteiger partial charge in [0.25, 0.3) is 0 Å². The van der Waals surface area contributed by atoms with Crippen molar-refractivity contribution in [3.8, 4) is 0 Å². The Balaban J connectivity index is 2.26. The Kier molecular flexibility index (Phi) is 3.28. The molecule has 0 radical (unpaired) electrons. The zero-order chi connectivity index (χ0) is 12.4. The molecule has 1 aromatic carbocycles. The van der Waals surface area contributed by atoms with E-state index in [0.29, 0.717) is 10.6 Å². The topological polar surface area (TPSA) is 42.2 Å². The molecule has 0 amide bonds. The van der Waals surface area contributed by atoms with Gasteiger partial charge in [0.2, 0.25) is 0 Å². The lowest BCUT2D eigenvalue weighted by atomic mass is 10.1. The summed E-state index contributed by atoms with van der Waals surface area (Å²) in [6, 6.07) is 6.69. The van der Waals surface area contributed by atoms with Gasteiger partial charge in [0, 0.05) is 12.6 Å². The summed E-state index contributed by atoms with van der Waals surface area (Å²) in [5.74, 6) is -0.198. The highest BCUT2D eigenvalue weighted by atomic mass is 32.1. The van der Waals surface area contributed by atoms with Crippen LogP contribution in [0, 0.1) is 5.82 Å². The van der Waals surface area contributed by atoms with Gasteiger partial charge in [-0.05, 0) is 13.0 Å². The van der Waals surface area contributed by atoms with Gasteiger partial charge in [0.1, 0.15) is 10.8 Å². The average molecular weight is 251 g/mol. The van der Waals surface area contributed by atoms with E-state index in [1.165, 1.54) is 17.4 Å². The van der Waals surface area contributed by atoms with E-state index in [1.54, 1.807) is 18.3 Å². The summed E-state index contributed by atoms with van der Waals surface area (Å²) < 4.78 is 13.7. The molecule has 0 aliphatic carbocycles. The second kappa shape index (κ2) is 4.71. The van der Waals surface area contributed by atoms with Gasteiger partial charge in [-0.3, -0.25) is 0 Å². The molecule has 0 aliphatic rings.